The van der Waals surface area contributed by atoms with Crippen molar-refractivity contribution in [2.24, 2.45) is 0 Å². The zero-order chi connectivity index (χ0) is 21.0. The van der Waals surface area contributed by atoms with E-state index >= 15 is 0 Å². The van der Waals surface area contributed by atoms with Gasteiger partial charge in [0.2, 0.25) is 0 Å². The number of nitro groups is 1. The fourth-order valence-electron chi connectivity index (χ4n) is 2.77. The van der Waals surface area contributed by atoms with E-state index < -0.39 is 10.8 Å². The Bertz CT molecular complexity index is 1170. The molecule has 0 saturated heterocycles. The van der Waals surface area contributed by atoms with Gasteiger partial charge in [-0.1, -0.05) is 24.3 Å². The van der Waals surface area contributed by atoms with Gasteiger partial charge in [-0.05, 0) is 30.7 Å². The number of carbonyl (C=O) groups is 2. The first-order chi connectivity index (χ1) is 13.8. The van der Waals surface area contributed by atoms with E-state index in [-0.39, 0.29) is 29.1 Å². The number of rotatable bonds is 6. The summed E-state index contributed by atoms with van der Waals surface area (Å²) in [4.78, 5) is 46.6. The molecule has 0 aliphatic heterocycles. The standard InChI is InChI=1S/C21H17N3O5/c1-14(25)16-5-3-6-18(11-16)22-21(27)17-8-9-20(26)23(13-17)12-15-4-2-7-19(10-15)24(28)29/h2-11,13H,12H2,1H3,(H,22,27). The van der Waals surface area contributed by atoms with Crippen LogP contribution in [0.3, 0.4) is 0 Å². The maximum atomic E-state index is 12.6. The van der Waals surface area contributed by atoms with Crippen molar-refractivity contribution >= 4 is 23.1 Å². The van der Waals surface area contributed by atoms with Crippen molar-refractivity contribution < 1.29 is 14.5 Å². The lowest BCUT2D eigenvalue weighted by Crippen LogP contribution is -2.22. The molecule has 1 heterocycles. The number of nitrogens with one attached hydrogen (secondary N) is 1. The molecule has 8 nitrogen and oxygen atoms in total. The molecule has 0 fully saturated rings. The van der Waals surface area contributed by atoms with Gasteiger partial charge in [0.25, 0.3) is 17.2 Å². The number of anilines is 1. The summed E-state index contributed by atoms with van der Waals surface area (Å²) in [5, 5.41) is 13.6. The number of benzene rings is 2. The van der Waals surface area contributed by atoms with Crippen LogP contribution in [0.25, 0.3) is 0 Å². The lowest BCUT2D eigenvalue weighted by Gasteiger charge is -2.10. The fraction of sp³-hybridized carbons (Fsp3) is 0.0952. The first-order valence-electron chi connectivity index (χ1n) is 8.69. The van der Waals surface area contributed by atoms with Crippen LogP contribution < -0.4 is 10.9 Å². The van der Waals surface area contributed by atoms with Gasteiger partial charge in [-0.15, -0.1) is 0 Å². The van der Waals surface area contributed by atoms with Gasteiger partial charge in [-0.2, -0.15) is 0 Å². The topological polar surface area (TPSA) is 111 Å². The lowest BCUT2D eigenvalue weighted by molar-refractivity contribution is -0.384. The van der Waals surface area contributed by atoms with E-state index in [1.807, 2.05) is 0 Å². The Morgan fingerprint density at radius 2 is 1.79 bits per heavy atom. The molecule has 0 aliphatic carbocycles. The minimum absolute atomic E-state index is 0.0743. The van der Waals surface area contributed by atoms with Gasteiger partial charge in [-0.3, -0.25) is 24.5 Å². The third-order valence-electron chi connectivity index (χ3n) is 4.25. The fourth-order valence-corrected chi connectivity index (χ4v) is 2.77. The van der Waals surface area contributed by atoms with Crippen molar-refractivity contribution in [1.82, 2.24) is 4.57 Å². The van der Waals surface area contributed by atoms with Crippen molar-refractivity contribution in [3.05, 3.63) is 104 Å². The summed E-state index contributed by atoms with van der Waals surface area (Å²) in [6.45, 7) is 1.52. The minimum Gasteiger partial charge on any atom is -0.322 e. The molecule has 1 N–H and O–H groups in total. The molecule has 0 unspecified atom stereocenters. The van der Waals surface area contributed by atoms with Crippen LogP contribution in [0.15, 0.2) is 71.7 Å². The number of hydrogen-bond acceptors (Lipinski definition) is 5. The van der Waals surface area contributed by atoms with Crippen molar-refractivity contribution in [2.45, 2.75) is 13.5 Å². The molecular formula is C21H17N3O5. The molecule has 0 bridgehead atoms. The average molecular weight is 391 g/mol. The van der Waals surface area contributed by atoms with E-state index in [0.29, 0.717) is 16.8 Å². The Morgan fingerprint density at radius 1 is 1.03 bits per heavy atom. The summed E-state index contributed by atoms with van der Waals surface area (Å²) in [6.07, 6.45) is 1.39. The van der Waals surface area contributed by atoms with Gasteiger partial charge in [0, 0.05) is 35.6 Å². The maximum Gasteiger partial charge on any atom is 0.269 e. The van der Waals surface area contributed by atoms with Crippen LogP contribution >= 0.6 is 0 Å². The van der Waals surface area contributed by atoms with Crippen LogP contribution in [-0.2, 0) is 6.54 Å². The summed E-state index contributed by atoms with van der Waals surface area (Å²) in [5.41, 5.74) is 1.32. The predicted octanol–water partition coefficient (Wildman–Crippen LogP) is 3.26. The van der Waals surface area contributed by atoms with Gasteiger partial charge in [0.1, 0.15) is 0 Å². The molecule has 1 aromatic heterocycles. The number of non-ortho nitro benzene ring substituents is 1. The Hall–Kier alpha value is -4.07. The first kappa shape index (κ1) is 19.7. The van der Waals surface area contributed by atoms with Crippen LogP contribution in [0, 0.1) is 10.1 Å². The molecule has 1 amide bonds. The third kappa shape index (κ3) is 4.81. The van der Waals surface area contributed by atoms with E-state index in [9.17, 15) is 24.5 Å². The molecule has 0 radical (unpaired) electrons. The highest BCUT2D eigenvalue weighted by molar-refractivity contribution is 6.04. The minimum atomic E-state index is -0.509. The van der Waals surface area contributed by atoms with Crippen molar-refractivity contribution in [2.75, 3.05) is 5.32 Å². The summed E-state index contributed by atoms with van der Waals surface area (Å²) in [6, 6.07) is 15.2. The van der Waals surface area contributed by atoms with Crippen LogP contribution in [0.2, 0.25) is 0 Å². The zero-order valence-corrected chi connectivity index (χ0v) is 15.5. The molecule has 0 atom stereocenters. The van der Waals surface area contributed by atoms with Gasteiger partial charge in [0.05, 0.1) is 17.0 Å². The summed E-state index contributed by atoms with van der Waals surface area (Å²) in [5.74, 6) is -0.565. The highest BCUT2D eigenvalue weighted by Crippen LogP contribution is 2.15. The maximum absolute atomic E-state index is 12.6. The van der Waals surface area contributed by atoms with Gasteiger partial charge < -0.3 is 9.88 Å². The number of nitrogens with zero attached hydrogens (tertiary/aromatic N) is 2. The van der Waals surface area contributed by atoms with Crippen molar-refractivity contribution in [1.29, 1.82) is 0 Å². The Kier molecular flexibility index (Phi) is 5.64. The van der Waals surface area contributed by atoms with E-state index in [4.69, 9.17) is 0 Å². The molecule has 2 aromatic carbocycles. The average Bonchev–Trinajstić information content (AvgIpc) is 2.70. The third-order valence-corrected chi connectivity index (χ3v) is 4.25. The number of amides is 1. The predicted molar refractivity (Wildman–Crippen MR) is 107 cm³/mol. The highest BCUT2D eigenvalue weighted by Gasteiger charge is 2.11. The summed E-state index contributed by atoms with van der Waals surface area (Å²) < 4.78 is 1.31. The lowest BCUT2D eigenvalue weighted by atomic mass is 10.1. The zero-order valence-electron chi connectivity index (χ0n) is 15.5. The van der Waals surface area contributed by atoms with Crippen molar-refractivity contribution in [3.63, 3.8) is 0 Å². The molecule has 3 rings (SSSR count). The highest BCUT2D eigenvalue weighted by atomic mass is 16.6. The number of aromatic nitrogens is 1. The molecule has 3 aromatic rings. The number of Topliss-reactive ketones (excluding diaryl/α,β-unsaturated/α-hetero) is 1. The first-order valence-corrected chi connectivity index (χ1v) is 8.69. The number of ketones is 1. The SMILES string of the molecule is CC(=O)c1cccc(NC(=O)c2ccc(=O)n(Cc3cccc([N+](=O)[O-])c3)c2)c1. The van der Waals surface area contributed by atoms with E-state index in [0.717, 1.165) is 0 Å². The summed E-state index contributed by atoms with van der Waals surface area (Å²) >= 11 is 0. The van der Waals surface area contributed by atoms with Crippen LogP contribution in [0.1, 0.15) is 33.2 Å². The molecule has 29 heavy (non-hydrogen) atoms. The van der Waals surface area contributed by atoms with Crippen molar-refractivity contribution in [3.8, 4) is 0 Å². The molecular weight excluding hydrogens is 374 g/mol. The molecule has 0 saturated carbocycles. The smallest absolute Gasteiger partial charge is 0.269 e. The number of pyridine rings is 1. The van der Waals surface area contributed by atoms with Crippen LogP contribution in [0.4, 0.5) is 11.4 Å². The van der Waals surface area contributed by atoms with Gasteiger partial charge in [0.15, 0.2) is 5.78 Å². The largest absolute Gasteiger partial charge is 0.322 e. The Morgan fingerprint density at radius 3 is 2.52 bits per heavy atom. The van der Waals surface area contributed by atoms with E-state index in [1.165, 1.54) is 48.0 Å². The Balaban J connectivity index is 1.83. The number of nitro benzene ring substituents is 1. The molecule has 0 spiro atoms. The van der Waals surface area contributed by atoms with Crippen LogP contribution in [-0.4, -0.2) is 21.2 Å². The quantitative estimate of drug-likeness (QED) is 0.394. The van der Waals surface area contributed by atoms with E-state index in [1.54, 1.807) is 30.3 Å². The molecule has 0 aliphatic rings. The number of carbonyl (C=O) groups excluding carboxylic acids is 2. The van der Waals surface area contributed by atoms with E-state index in [2.05, 4.69) is 5.32 Å². The second kappa shape index (κ2) is 8.30. The van der Waals surface area contributed by atoms with Crippen LogP contribution in [0.5, 0.6) is 0 Å². The van der Waals surface area contributed by atoms with Gasteiger partial charge >= 0.3 is 0 Å². The molecule has 8 heteroatoms. The molecule has 146 valence electrons. The monoisotopic (exact) mass is 391 g/mol. The normalized spacial score (nSPS) is 10.4. The second-order valence-corrected chi connectivity index (χ2v) is 6.40. The number of hydrogen-bond donors (Lipinski definition) is 1. The summed E-state index contributed by atoms with van der Waals surface area (Å²) in [7, 11) is 0. The Labute approximate surface area is 165 Å². The second-order valence-electron chi connectivity index (χ2n) is 6.40. The van der Waals surface area contributed by atoms with Gasteiger partial charge in [-0.25, -0.2) is 0 Å².